The SMILES string of the molecule is CC/C(=N\NC(=O)c1ccccc1)c1ccc(Cl)cc1Cl. The minimum Gasteiger partial charge on any atom is -0.267 e. The molecule has 2 rings (SSSR count). The van der Waals surface area contributed by atoms with Gasteiger partial charge >= 0.3 is 0 Å². The van der Waals surface area contributed by atoms with Crippen molar-refractivity contribution >= 4 is 34.8 Å². The number of nitrogens with zero attached hydrogens (tertiary/aromatic N) is 1. The third-order valence-corrected chi connectivity index (χ3v) is 3.45. The van der Waals surface area contributed by atoms with Gasteiger partial charge < -0.3 is 0 Å². The molecule has 0 unspecified atom stereocenters. The van der Waals surface area contributed by atoms with E-state index in [1.54, 1.807) is 42.5 Å². The molecule has 0 heterocycles. The summed E-state index contributed by atoms with van der Waals surface area (Å²) in [6.07, 6.45) is 0.635. The molecule has 0 fully saturated rings. The van der Waals surface area contributed by atoms with Gasteiger partial charge in [-0.25, -0.2) is 5.43 Å². The quantitative estimate of drug-likeness (QED) is 0.652. The molecule has 0 bridgehead atoms. The van der Waals surface area contributed by atoms with Gasteiger partial charge in [0.2, 0.25) is 0 Å². The van der Waals surface area contributed by atoms with Crippen molar-refractivity contribution in [3.63, 3.8) is 0 Å². The van der Waals surface area contributed by atoms with Gasteiger partial charge in [0.15, 0.2) is 0 Å². The number of hydrazone groups is 1. The zero-order valence-corrected chi connectivity index (χ0v) is 12.9. The molecule has 0 aliphatic carbocycles. The number of nitrogens with one attached hydrogen (secondary N) is 1. The maximum Gasteiger partial charge on any atom is 0.271 e. The Balaban J connectivity index is 2.19. The van der Waals surface area contributed by atoms with Gasteiger partial charge in [-0.2, -0.15) is 5.10 Å². The van der Waals surface area contributed by atoms with E-state index in [-0.39, 0.29) is 5.91 Å². The molecule has 0 saturated heterocycles. The second kappa shape index (κ2) is 7.25. The predicted molar refractivity (Wildman–Crippen MR) is 87.2 cm³/mol. The van der Waals surface area contributed by atoms with Gasteiger partial charge in [-0.05, 0) is 30.7 Å². The fourth-order valence-corrected chi connectivity index (χ4v) is 2.34. The summed E-state index contributed by atoms with van der Waals surface area (Å²) in [4.78, 5) is 12.0. The Kier molecular flexibility index (Phi) is 5.37. The van der Waals surface area contributed by atoms with Gasteiger partial charge in [0.05, 0.1) is 10.7 Å². The van der Waals surface area contributed by atoms with E-state index < -0.39 is 0 Å². The van der Waals surface area contributed by atoms with Crippen LogP contribution in [-0.2, 0) is 0 Å². The van der Waals surface area contributed by atoms with Crippen LogP contribution in [0.4, 0.5) is 0 Å². The molecule has 1 amide bonds. The van der Waals surface area contributed by atoms with Crippen molar-refractivity contribution in [2.24, 2.45) is 5.10 Å². The lowest BCUT2D eigenvalue weighted by Crippen LogP contribution is -2.20. The molecule has 21 heavy (non-hydrogen) atoms. The lowest BCUT2D eigenvalue weighted by Gasteiger charge is -2.07. The Morgan fingerprint density at radius 3 is 2.48 bits per heavy atom. The summed E-state index contributed by atoms with van der Waals surface area (Å²) in [5.41, 5.74) is 4.56. The van der Waals surface area contributed by atoms with Gasteiger partial charge in [0.1, 0.15) is 0 Å². The van der Waals surface area contributed by atoms with Crippen molar-refractivity contribution in [1.29, 1.82) is 0 Å². The molecule has 0 aliphatic rings. The minimum atomic E-state index is -0.258. The minimum absolute atomic E-state index is 0.258. The highest BCUT2D eigenvalue weighted by Crippen LogP contribution is 2.22. The number of halogens is 2. The second-order valence-electron chi connectivity index (χ2n) is 4.34. The Morgan fingerprint density at radius 2 is 1.86 bits per heavy atom. The summed E-state index contributed by atoms with van der Waals surface area (Å²) in [6.45, 7) is 1.94. The standard InChI is InChI=1S/C16H14Cl2N2O/c1-2-15(13-9-8-12(17)10-14(13)18)19-20-16(21)11-6-4-3-5-7-11/h3-10H,2H2,1H3,(H,20,21)/b19-15+. The molecule has 1 N–H and O–H groups in total. The molecule has 0 atom stereocenters. The predicted octanol–water partition coefficient (Wildman–Crippen LogP) is 4.54. The van der Waals surface area contributed by atoms with E-state index >= 15 is 0 Å². The number of carbonyl (C=O) groups is 1. The Bertz CT molecular complexity index is 669. The van der Waals surface area contributed by atoms with Gasteiger partial charge in [0, 0.05) is 16.1 Å². The highest BCUT2D eigenvalue weighted by atomic mass is 35.5. The van der Waals surface area contributed by atoms with E-state index in [4.69, 9.17) is 23.2 Å². The summed E-state index contributed by atoms with van der Waals surface area (Å²) < 4.78 is 0. The first-order chi connectivity index (χ1) is 10.1. The maximum absolute atomic E-state index is 12.0. The highest BCUT2D eigenvalue weighted by molar-refractivity contribution is 6.37. The van der Waals surface area contributed by atoms with E-state index in [9.17, 15) is 4.79 Å². The van der Waals surface area contributed by atoms with Crippen molar-refractivity contribution in [2.75, 3.05) is 0 Å². The van der Waals surface area contributed by atoms with E-state index in [0.717, 1.165) is 5.56 Å². The number of benzene rings is 2. The second-order valence-corrected chi connectivity index (χ2v) is 5.19. The fraction of sp³-hybridized carbons (Fsp3) is 0.125. The van der Waals surface area contributed by atoms with Crippen LogP contribution in [0.3, 0.4) is 0 Å². The van der Waals surface area contributed by atoms with Crippen molar-refractivity contribution in [2.45, 2.75) is 13.3 Å². The molecule has 5 heteroatoms. The maximum atomic E-state index is 12.0. The fourth-order valence-electron chi connectivity index (χ4n) is 1.83. The van der Waals surface area contributed by atoms with Crippen molar-refractivity contribution in [3.8, 4) is 0 Å². The molecule has 0 spiro atoms. The molecule has 0 radical (unpaired) electrons. The van der Waals surface area contributed by atoms with Crippen LogP contribution in [0.5, 0.6) is 0 Å². The summed E-state index contributed by atoms with van der Waals surface area (Å²) in [7, 11) is 0. The zero-order chi connectivity index (χ0) is 15.2. The van der Waals surface area contributed by atoms with Crippen LogP contribution in [0.15, 0.2) is 53.6 Å². The first-order valence-electron chi connectivity index (χ1n) is 6.49. The van der Waals surface area contributed by atoms with Crippen LogP contribution in [-0.4, -0.2) is 11.6 Å². The Labute approximate surface area is 133 Å². The van der Waals surface area contributed by atoms with Crippen LogP contribution in [0.2, 0.25) is 10.0 Å². The number of rotatable bonds is 4. The van der Waals surface area contributed by atoms with Crippen LogP contribution < -0.4 is 5.43 Å². The monoisotopic (exact) mass is 320 g/mol. The largest absolute Gasteiger partial charge is 0.271 e. The third kappa shape index (κ3) is 4.06. The summed E-state index contributed by atoms with van der Waals surface area (Å²) >= 11 is 12.0. The molecule has 3 nitrogen and oxygen atoms in total. The summed E-state index contributed by atoms with van der Waals surface area (Å²) in [5, 5.41) is 5.24. The van der Waals surface area contributed by atoms with Gasteiger partial charge in [-0.15, -0.1) is 0 Å². The van der Waals surface area contributed by atoms with Gasteiger partial charge in [-0.3, -0.25) is 4.79 Å². The average Bonchev–Trinajstić information content (AvgIpc) is 2.50. The lowest BCUT2D eigenvalue weighted by molar-refractivity contribution is 0.0955. The number of hydrogen-bond acceptors (Lipinski definition) is 2. The molecule has 108 valence electrons. The van der Waals surface area contributed by atoms with Crippen LogP contribution in [0.25, 0.3) is 0 Å². The normalized spacial score (nSPS) is 11.3. The average molecular weight is 321 g/mol. The van der Waals surface area contributed by atoms with E-state index in [1.807, 2.05) is 13.0 Å². The number of carbonyl (C=O) groups excluding carboxylic acids is 1. The lowest BCUT2D eigenvalue weighted by atomic mass is 10.1. The molecule has 2 aromatic rings. The molecule has 0 aromatic heterocycles. The Morgan fingerprint density at radius 1 is 1.14 bits per heavy atom. The first kappa shape index (κ1) is 15.5. The smallest absolute Gasteiger partial charge is 0.267 e. The van der Waals surface area contributed by atoms with Crippen LogP contribution in [0, 0.1) is 0 Å². The van der Waals surface area contributed by atoms with Gasteiger partial charge in [0.25, 0.3) is 5.91 Å². The topological polar surface area (TPSA) is 41.5 Å². The number of hydrogen-bond donors (Lipinski definition) is 1. The first-order valence-corrected chi connectivity index (χ1v) is 7.24. The van der Waals surface area contributed by atoms with E-state index in [0.29, 0.717) is 27.7 Å². The third-order valence-electron chi connectivity index (χ3n) is 2.91. The zero-order valence-electron chi connectivity index (χ0n) is 11.4. The van der Waals surface area contributed by atoms with E-state index in [2.05, 4.69) is 10.5 Å². The molecule has 0 saturated carbocycles. The Hall–Kier alpha value is -1.84. The molecular weight excluding hydrogens is 307 g/mol. The van der Waals surface area contributed by atoms with Crippen molar-refractivity contribution in [1.82, 2.24) is 5.43 Å². The number of amides is 1. The molecule has 0 aliphatic heterocycles. The molecular formula is C16H14Cl2N2O. The summed E-state index contributed by atoms with van der Waals surface area (Å²) in [5.74, 6) is -0.258. The van der Waals surface area contributed by atoms with Crippen LogP contribution >= 0.6 is 23.2 Å². The van der Waals surface area contributed by atoms with E-state index in [1.165, 1.54) is 0 Å². The molecule has 2 aromatic carbocycles. The van der Waals surface area contributed by atoms with Crippen molar-refractivity contribution in [3.05, 3.63) is 69.7 Å². The van der Waals surface area contributed by atoms with Crippen LogP contribution in [0.1, 0.15) is 29.3 Å². The summed E-state index contributed by atoms with van der Waals surface area (Å²) in [6, 6.07) is 14.1. The van der Waals surface area contributed by atoms with Gasteiger partial charge in [-0.1, -0.05) is 54.4 Å². The van der Waals surface area contributed by atoms with Crippen molar-refractivity contribution < 1.29 is 4.79 Å². The highest BCUT2D eigenvalue weighted by Gasteiger charge is 2.09.